The second kappa shape index (κ2) is 9.06. The normalized spacial score (nSPS) is 10.5. The first-order valence-electron chi connectivity index (χ1n) is 9.97. The van der Waals surface area contributed by atoms with Crippen LogP contribution in [-0.2, 0) is 6.61 Å². The van der Waals surface area contributed by atoms with E-state index in [-0.39, 0.29) is 0 Å². The highest BCUT2D eigenvalue weighted by Gasteiger charge is 2.13. The van der Waals surface area contributed by atoms with Gasteiger partial charge in [-0.3, -0.25) is 4.98 Å². The summed E-state index contributed by atoms with van der Waals surface area (Å²) in [6.45, 7) is 2.88. The molecule has 1 heterocycles. The zero-order chi connectivity index (χ0) is 21.6. The van der Waals surface area contributed by atoms with Gasteiger partial charge in [-0.05, 0) is 30.7 Å². The van der Waals surface area contributed by atoms with Gasteiger partial charge in [0.2, 0.25) is 0 Å². The van der Waals surface area contributed by atoms with Crippen LogP contribution in [0, 0.1) is 11.3 Å². The van der Waals surface area contributed by atoms with E-state index in [1.807, 2.05) is 61.5 Å². The van der Waals surface area contributed by atoms with Crippen molar-refractivity contribution < 1.29 is 9.47 Å². The van der Waals surface area contributed by atoms with Gasteiger partial charge in [0.1, 0.15) is 24.2 Å². The molecule has 31 heavy (non-hydrogen) atoms. The molecule has 0 spiro atoms. The molecule has 0 aliphatic heterocycles. The molecule has 6 heteroatoms. The lowest BCUT2D eigenvalue weighted by molar-refractivity contribution is 0.306. The van der Waals surface area contributed by atoms with Crippen molar-refractivity contribution in [2.75, 3.05) is 17.7 Å². The number of nitrogens with zero attached hydrogens (tertiary/aromatic N) is 2. The molecule has 0 aliphatic rings. The predicted octanol–water partition coefficient (Wildman–Crippen LogP) is 5.41. The quantitative estimate of drug-likeness (QED) is 0.396. The van der Waals surface area contributed by atoms with Crippen LogP contribution >= 0.6 is 0 Å². The Balaban J connectivity index is 1.64. The summed E-state index contributed by atoms with van der Waals surface area (Å²) in [6, 6.07) is 23.4. The Labute approximate surface area is 180 Å². The zero-order valence-electron chi connectivity index (χ0n) is 17.1. The number of nitrogen functional groups attached to an aromatic ring is 1. The van der Waals surface area contributed by atoms with Crippen molar-refractivity contribution in [3.8, 4) is 17.6 Å². The van der Waals surface area contributed by atoms with Gasteiger partial charge >= 0.3 is 0 Å². The number of ether oxygens (including phenoxy) is 2. The summed E-state index contributed by atoms with van der Waals surface area (Å²) in [5.41, 5.74) is 10.3. The maximum absolute atomic E-state index is 9.62. The number of rotatable bonds is 7. The molecule has 3 aromatic carbocycles. The highest BCUT2D eigenvalue weighted by atomic mass is 16.5. The predicted molar refractivity (Wildman–Crippen MR) is 123 cm³/mol. The summed E-state index contributed by atoms with van der Waals surface area (Å²) in [5, 5.41) is 13.7. The van der Waals surface area contributed by atoms with Crippen LogP contribution in [0.3, 0.4) is 0 Å². The fraction of sp³-hybridized carbons (Fsp3) is 0.120. The number of benzene rings is 3. The number of nitriles is 1. The third-order valence-corrected chi connectivity index (χ3v) is 4.77. The van der Waals surface area contributed by atoms with E-state index in [9.17, 15) is 5.26 Å². The molecule has 154 valence electrons. The molecule has 0 bridgehead atoms. The first-order valence-corrected chi connectivity index (χ1v) is 9.97. The molecule has 0 aliphatic carbocycles. The van der Waals surface area contributed by atoms with Crippen molar-refractivity contribution in [3.05, 3.63) is 84.1 Å². The largest absolute Gasteiger partial charge is 0.492 e. The Kier molecular flexibility index (Phi) is 5.86. The number of nitrogens with two attached hydrogens (primary N) is 1. The number of hydrogen-bond donors (Lipinski definition) is 2. The molecule has 6 nitrogen and oxygen atoms in total. The van der Waals surface area contributed by atoms with Gasteiger partial charge in [-0.25, -0.2) is 0 Å². The van der Waals surface area contributed by atoms with Crippen molar-refractivity contribution in [2.45, 2.75) is 13.5 Å². The van der Waals surface area contributed by atoms with E-state index >= 15 is 0 Å². The third kappa shape index (κ3) is 4.51. The van der Waals surface area contributed by atoms with Crippen LogP contribution in [0.2, 0.25) is 0 Å². The lowest BCUT2D eigenvalue weighted by atomic mass is 10.1. The second-order valence-electron chi connectivity index (χ2n) is 6.93. The van der Waals surface area contributed by atoms with E-state index in [4.69, 9.17) is 15.2 Å². The van der Waals surface area contributed by atoms with Gasteiger partial charge in [0.05, 0.1) is 29.1 Å². The monoisotopic (exact) mass is 410 g/mol. The summed E-state index contributed by atoms with van der Waals surface area (Å²) in [5.74, 6) is 1.30. The first kappa shape index (κ1) is 20.0. The Morgan fingerprint density at radius 3 is 2.65 bits per heavy atom. The minimum Gasteiger partial charge on any atom is -0.492 e. The molecule has 0 atom stereocenters. The van der Waals surface area contributed by atoms with E-state index in [1.165, 1.54) is 0 Å². The molecule has 0 saturated heterocycles. The molecule has 0 unspecified atom stereocenters. The Morgan fingerprint density at radius 1 is 1.03 bits per heavy atom. The van der Waals surface area contributed by atoms with Gasteiger partial charge in [-0.1, -0.05) is 36.4 Å². The van der Waals surface area contributed by atoms with E-state index in [2.05, 4.69) is 16.4 Å². The molecular weight excluding hydrogens is 388 g/mol. The van der Waals surface area contributed by atoms with Crippen molar-refractivity contribution in [3.63, 3.8) is 0 Å². The van der Waals surface area contributed by atoms with E-state index in [0.717, 1.165) is 22.4 Å². The van der Waals surface area contributed by atoms with Crippen LogP contribution in [0.4, 0.5) is 17.1 Å². The van der Waals surface area contributed by atoms with Crippen molar-refractivity contribution in [1.29, 1.82) is 5.26 Å². The first-order chi connectivity index (χ1) is 15.2. The van der Waals surface area contributed by atoms with E-state index in [1.54, 1.807) is 18.3 Å². The SMILES string of the molecule is CCOc1cc2ncc(C#N)c(Nc3cccc(OCc4ccccc4)c3)c2cc1N. The average Bonchev–Trinajstić information content (AvgIpc) is 2.80. The topological polar surface area (TPSA) is 93.2 Å². The molecule has 4 aromatic rings. The van der Waals surface area contributed by atoms with Crippen LogP contribution in [0.15, 0.2) is 72.9 Å². The van der Waals surface area contributed by atoms with Gasteiger partial charge in [-0.2, -0.15) is 5.26 Å². The number of aromatic nitrogens is 1. The van der Waals surface area contributed by atoms with E-state index in [0.29, 0.717) is 41.4 Å². The molecule has 1 aromatic heterocycles. The molecular formula is C25H22N4O2. The fourth-order valence-electron chi connectivity index (χ4n) is 3.29. The Bertz CT molecular complexity index is 1250. The van der Waals surface area contributed by atoms with Crippen molar-refractivity contribution in [2.24, 2.45) is 0 Å². The summed E-state index contributed by atoms with van der Waals surface area (Å²) in [4.78, 5) is 4.40. The summed E-state index contributed by atoms with van der Waals surface area (Å²) in [7, 11) is 0. The maximum Gasteiger partial charge on any atom is 0.144 e. The molecule has 0 radical (unpaired) electrons. The highest BCUT2D eigenvalue weighted by molar-refractivity contribution is 5.98. The number of hydrogen-bond acceptors (Lipinski definition) is 6. The molecule has 4 rings (SSSR count). The molecule has 0 fully saturated rings. The zero-order valence-corrected chi connectivity index (χ0v) is 17.1. The number of fused-ring (bicyclic) bond motifs is 1. The van der Waals surface area contributed by atoms with Crippen LogP contribution < -0.4 is 20.5 Å². The lowest BCUT2D eigenvalue weighted by Crippen LogP contribution is -2.01. The maximum atomic E-state index is 9.62. The smallest absolute Gasteiger partial charge is 0.144 e. The van der Waals surface area contributed by atoms with Crippen LogP contribution in [-0.4, -0.2) is 11.6 Å². The minimum atomic E-state index is 0.423. The van der Waals surface area contributed by atoms with Crippen LogP contribution in [0.5, 0.6) is 11.5 Å². The van der Waals surface area contributed by atoms with Crippen LogP contribution in [0.25, 0.3) is 10.9 Å². The third-order valence-electron chi connectivity index (χ3n) is 4.77. The standard InChI is InChI=1S/C25H22N4O2/c1-2-30-24-13-23-21(12-22(24)27)25(18(14-26)15-28-23)29-19-9-6-10-20(11-19)31-16-17-7-4-3-5-8-17/h3-13,15H,2,16,27H2,1H3,(H,28,29). The van der Waals surface area contributed by atoms with Gasteiger partial charge in [0.15, 0.2) is 0 Å². The highest BCUT2D eigenvalue weighted by Crippen LogP contribution is 2.35. The van der Waals surface area contributed by atoms with Gasteiger partial charge in [-0.15, -0.1) is 0 Å². The molecule has 3 N–H and O–H groups in total. The van der Waals surface area contributed by atoms with Gasteiger partial charge < -0.3 is 20.5 Å². The summed E-state index contributed by atoms with van der Waals surface area (Å²) in [6.07, 6.45) is 1.55. The Hall–Kier alpha value is -4.24. The Morgan fingerprint density at radius 2 is 1.87 bits per heavy atom. The number of anilines is 3. The van der Waals surface area contributed by atoms with Crippen molar-refractivity contribution >= 4 is 28.0 Å². The minimum absolute atomic E-state index is 0.423. The lowest BCUT2D eigenvalue weighted by Gasteiger charge is -2.15. The average molecular weight is 410 g/mol. The number of pyridine rings is 1. The summed E-state index contributed by atoms with van der Waals surface area (Å²) < 4.78 is 11.5. The fourth-order valence-corrected chi connectivity index (χ4v) is 3.29. The van der Waals surface area contributed by atoms with E-state index < -0.39 is 0 Å². The molecule has 0 amide bonds. The summed E-state index contributed by atoms with van der Waals surface area (Å²) >= 11 is 0. The van der Waals surface area contributed by atoms with Crippen LogP contribution in [0.1, 0.15) is 18.1 Å². The van der Waals surface area contributed by atoms with Gasteiger partial charge in [0.25, 0.3) is 0 Å². The van der Waals surface area contributed by atoms with Gasteiger partial charge in [0, 0.05) is 29.4 Å². The second-order valence-corrected chi connectivity index (χ2v) is 6.93. The van der Waals surface area contributed by atoms with Crippen molar-refractivity contribution in [1.82, 2.24) is 4.98 Å². The molecule has 0 saturated carbocycles. The number of nitrogens with one attached hydrogen (secondary N) is 1.